The van der Waals surface area contributed by atoms with E-state index in [2.05, 4.69) is 9.97 Å². The van der Waals surface area contributed by atoms with E-state index >= 15 is 0 Å². The number of aryl methyl sites for hydroxylation is 1. The summed E-state index contributed by atoms with van der Waals surface area (Å²) >= 11 is 0. The number of carbonyl (C=O) groups excluding carboxylic acids is 1. The number of hydrogen-bond donors (Lipinski definition) is 1. The monoisotopic (exact) mass is 289 g/mol. The molecule has 2 N–H and O–H groups in total. The fourth-order valence-corrected chi connectivity index (χ4v) is 2.19. The number of hydrogen-bond acceptors (Lipinski definition) is 4. The Balaban J connectivity index is 1.99. The van der Waals surface area contributed by atoms with E-state index in [-0.39, 0.29) is 11.6 Å². The Morgan fingerprint density at radius 3 is 2.50 bits per heavy atom. The van der Waals surface area contributed by atoms with E-state index in [1.54, 1.807) is 24.4 Å². The molecule has 0 amide bonds. The van der Waals surface area contributed by atoms with Gasteiger partial charge in [0.05, 0.1) is 11.3 Å². The molecule has 0 radical (unpaired) electrons. The molecule has 3 rings (SSSR count). The summed E-state index contributed by atoms with van der Waals surface area (Å²) in [5, 5.41) is 0. The van der Waals surface area contributed by atoms with Crippen LogP contribution in [0.15, 0.2) is 60.8 Å². The zero-order valence-corrected chi connectivity index (χ0v) is 12.2. The summed E-state index contributed by atoms with van der Waals surface area (Å²) in [5.74, 6) is -0.00500. The Kier molecular flexibility index (Phi) is 3.66. The fourth-order valence-electron chi connectivity index (χ4n) is 2.19. The SMILES string of the molecule is Cc1ccc(-c2cccc(C(=O)c3cccnc3N)n2)cc1. The number of ketones is 1. The molecule has 0 unspecified atom stereocenters. The van der Waals surface area contributed by atoms with Gasteiger partial charge in [0.15, 0.2) is 0 Å². The van der Waals surface area contributed by atoms with Gasteiger partial charge in [-0.2, -0.15) is 0 Å². The Morgan fingerprint density at radius 1 is 1.00 bits per heavy atom. The first-order chi connectivity index (χ1) is 10.6. The van der Waals surface area contributed by atoms with E-state index < -0.39 is 0 Å². The largest absolute Gasteiger partial charge is 0.383 e. The van der Waals surface area contributed by atoms with Crippen LogP contribution in [-0.4, -0.2) is 15.8 Å². The summed E-state index contributed by atoms with van der Waals surface area (Å²) in [4.78, 5) is 20.9. The van der Waals surface area contributed by atoms with Gasteiger partial charge < -0.3 is 5.73 Å². The van der Waals surface area contributed by atoms with Crippen molar-refractivity contribution in [2.24, 2.45) is 0 Å². The van der Waals surface area contributed by atoms with E-state index in [1.807, 2.05) is 43.3 Å². The van der Waals surface area contributed by atoms with Crippen molar-refractivity contribution in [1.82, 2.24) is 9.97 Å². The first-order valence-corrected chi connectivity index (χ1v) is 6.94. The highest BCUT2D eigenvalue weighted by atomic mass is 16.1. The molecule has 0 bridgehead atoms. The lowest BCUT2D eigenvalue weighted by atomic mass is 10.1. The maximum atomic E-state index is 12.5. The molecule has 3 aromatic rings. The molecule has 1 aromatic carbocycles. The van der Waals surface area contributed by atoms with Gasteiger partial charge in [-0.25, -0.2) is 9.97 Å². The van der Waals surface area contributed by atoms with Crippen LogP contribution in [0.5, 0.6) is 0 Å². The van der Waals surface area contributed by atoms with Gasteiger partial charge >= 0.3 is 0 Å². The van der Waals surface area contributed by atoms with E-state index in [0.717, 1.165) is 11.3 Å². The summed E-state index contributed by atoms with van der Waals surface area (Å²) in [6, 6.07) is 16.8. The Morgan fingerprint density at radius 2 is 1.77 bits per heavy atom. The molecule has 0 aliphatic rings. The average Bonchev–Trinajstić information content (AvgIpc) is 2.55. The number of nitrogens with zero attached hydrogens (tertiary/aromatic N) is 2. The topological polar surface area (TPSA) is 68.9 Å². The highest BCUT2D eigenvalue weighted by Crippen LogP contribution is 2.19. The lowest BCUT2D eigenvalue weighted by Gasteiger charge is -2.06. The van der Waals surface area contributed by atoms with Crippen molar-refractivity contribution in [3.63, 3.8) is 0 Å². The molecule has 0 saturated heterocycles. The zero-order chi connectivity index (χ0) is 15.5. The maximum Gasteiger partial charge on any atom is 0.215 e. The molecule has 0 aliphatic carbocycles. The molecule has 0 atom stereocenters. The third kappa shape index (κ3) is 2.72. The van der Waals surface area contributed by atoms with Gasteiger partial charge in [0, 0.05) is 11.8 Å². The lowest BCUT2D eigenvalue weighted by Crippen LogP contribution is -2.08. The van der Waals surface area contributed by atoms with Crippen LogP contribution in [0.3, 0.4) is 0 Å². The van der Waals surface area contributed by atoms with E-state index in [1.165, 1.54) is 5.56 Å². The number of benzene rings is 1. The van der Waals surface area contributed by atoms with Gasteiger partial charge in [0.1, 0.15) is 11.5 Å². The standard InChI is InChI=1S/C18H15N3O/c1-12-7-9-13(10-8-12)15-5-2-6-16(21-15)17(22)14-4-3-11-20-18(14)19/h2-11H,1H3,(H2,19,20). The molecule has 4 heteroatoms. The second kappa shape index (κ2) is 5.77. The molecule has 2 heterocycles. The predicted octanol–water partition coefficient (Wildman–Crippen LogP) is 3.27. The van der Waals surface area contributed by atoms with Crippen LogP contribution in [0.4, 0.5) is 5.82 Å². The molecule has 22 heavy (non-hydrogen) atoms. The average molecular weight is 289 g/mol. The minimum atomic E-state index is -0.223. The molecule has 2 aromatic heterocycles. The van der Waals surface area contributed by atoms with Crippen LogP contribution in [0.2, 0.25) is 0 Å². The Labute approximate surface area is 128 Å². The number of pyridine rings is 2. The second-order valence-corrected chi connectivity index (χ2v) is 5.04. The van der Waals surface area contributed by atoms with Crippen molar-refractivity contribution in [2.45, 2.75) is 6.92 Å². The molecule has 108 valence electrons. The van der Waals surface area contributed by atoms with Crippen LogP contribution < -0.4 is 5.73 Å². The minimum Gasteiger partial charge on any atom is -0.383 e. The smallest absolute Gasteiger partial charge is 0.215 e. The highest BCUT2D eigenvalue weighted by Gasteiger charge is 2.14. The number of nitrogens with two attached hydrogens (primary N) is 1. The number of rotatable bonds is 3. The highest BCUT2D eigenvalue weighted by molar-refractivity contribution is 6.10. The normalized spacial score (nSPS) is 10.4. The van der Waals surface area contributed by atoms with Crippen molar-refractivity contribution in [3.05, 3.63) is 77.6 Å². The third-order valence-corrected chi connectivity index (χ3v) is 3.41. The van der Waals surface area contributed by atoms with E-state index in [0.29, 0.717) is 11.3 Å². The molecule has 4 nitrogen and oxygen atoms in total. The number of nitrogen functional groups attached to an aromatic ring is 1. The van der Waals surface area contributed by atoms with Gasteiger partial charge in [0.25, 0.3) is 0 Å². The quantitative estimate of drug-likeness (QED) is 0.751. The zero-order valence-electron chi connectivity index (χ0n) is 12.2. The summed E-state index contributed by atoms with van der Waals surface area (Å²) in [6.07, 6.45) is 1.56. The molecular formula is C18H15N3O. The molecule has 0 fully saturated rings. The van der Waals surface area contributed by atoms with Crippen LogP contribution in [0.25, 0.3) is 11.3 Å². The summed E-state index contributed by atoms with van der Waals surface area (Å²) < 4.78 is 0. The van der Waals surface area contributed by atoms with Gasteiger partial charge in [-0.3, -0.25) is 4.79 Å². The summed E-state index contributed by atoms with van der Waals surface area (Å²) in [7, 11) is 0. The molecular weight excluding hydrogens is 274 g/mol. The van der Waals surface area contributed by atoms with Crippen molar-refractivity contribution < 1.29 is 4.79 Å². The Bertz CT molecular complexity index is 826. The van der Waals surface area contributed by atoms with E-state index in [4.69, 9.17) is 5.73 Å². The number of carbonyl (C=O) groups is 1. The number of anilines is 1. The maximum absolute atomic E-state index is 12.5. The van der Waals surface area contributed by atoms with Gasteiger partial charge in [-0.15, -0.1) is 0 Å². The van der Waals surface area contributed by atoms with Crippen LogP contribution in [-0.2, 0) is 0 Å². The minimum absolute atomic E-state index is 0.218. The van der Waals surface area contributed by atoms with Gasteiger partial charge in [-0.1, -0.05) is 35.9 Å². The Hall–Kier alpha value is -3.01. The van der Waals surface area contributed by atoms with E-state index in [9.17, 15) is 4.79 Å². The van der Waals surface area contributed by atoms with Gasteiger partial charge in [-0.05, 0) is 31.2 Å². The first kappa shape index (κ1) is 13.9. The molecule has 0 aliphatic heterocycles. The van der Waals surface area contributed by atoms with Crippen molar-refractivity contribution in [3.8, 4) is 11.3 Å². The lowest BCUT2D eigenvalue weighted by molar-refractivity contribution is 0.103. The second-order valence-electron chi connectivity index (χ2n) is 5.04. The molecule has 0 saturated carbocycles. The third-order valence-electron chi connectivity index (χ3n) is 3.41. The van der Waals surface area contributed by atoms with Crippen molar-refractivity contribution in [2.75, 3.05) is 5.73 Å². The van der Waals surface area contributed by atoms with Crippen LogP contribution in [0.1, 0.15) is 21.6 Å². The van der Waals surface area contributed by atoms with Crippen LogP contribution in [0, 0.1) is 6.92 Å². The fraction of sp³-hybridized carbons (Fsp3) is 0.0556. The summed E-state index contributed by atoms with van der Waals surface area (Å²) in [6.45, 7) is 2.03. The van der Waals surface area contributed by atoms with Gasteiger partial charge in [0.2, 0.25) is 5.78 Å². The van der Waals surface area contributed by atoms with Crippen LogP contribution >= 0.6 is 0 Å². The van der Waals surface area contributed by atoms with Crippen molar-refractivity contribution in [1.29, 1.82) is 0 Å². The summed E-state index contributed by atoms with van der Waals surface area (Å²) in [5.41, 5.74) is 9.40. The predicted molar refractivity (Wildman–Crippen MR) is 86.5 cm³/mol. The van der Waals surface area contributed by atoms with Crippen molar-refractivity contribution >= 4 is 11.6 Å². The first-order valence-electron chi connectivity index (χ1n) is 6.94. The number of aromatic nitrogens is 2. The molecule has 0 spiro atoms.